The van der Waals surface area contributed by atoms with Crippen LogP contribution in [0.1, 0.15) is 29.2 Å². The van der Waals surface area contributed by atoms with Gasteiger partial charge in [-0.25, -0.2) is 4.79 Å². The number of amides is 4. The zero-order valence-electron chi connectivity index (χ0n) is 23.7. The lowest BCUT2D eigenvalue weighted by molar-refractivity contribution is -0.154. The van der Waals surface area contributed by atoms with Crippen LogP contribution in [0.15, 0.2) is 71.5 Å². The molecule has 10 nitrogen and oxygen atoms in total. The molecule has 1 aromatic heterocycles. The minimum Gasteiger partial charge on any atom is -0.493 e. The molecule has 6 rings (SSSR count). The third kappa shape index (κ3) is 4.96. The van der Waals surface area contributed by atoms with E-state index in [1.54, 1.807) is 31.4 Å². The van der Waals surface area contributed by atoms with E-state index in [1.165, 1.54) is 7.11 Å². The van der Waals surface area contributed by atoms with E-state index < -0.39 is 23.3 Å². The van der Waals surface area contributed by atoms with E-state index in [0.29, 0.717) is 36.7 Å². The van der Waals surface area contributed by atoms with E-state index in [9.17, 15) is 19.2 Å². The van der Waals surface area contributed by atoms with Crippen molar-refractivity contribution in [3.8, 4) is 11.5 Å². The van der Waals surface area contributed by atoms with Crippen LogP contribution in [0.3, 0.4) is 0 Å². The number of hydrogen-bond acceptors (Lipinski definition) is 7. The van der Waals surface area contributed by atoms with Crippen molar-refractivity contribution in [2.45, 2.75) is 31.8 Å². The van der Waals surface area contributed by atoms with Crippen LogP contribution in [0.25, 0.3) is 0 Å². The Morgan fingerprint density at radius 1 is 0.857 bits per heavy atom. The Morgan fingerprint density at radius 2 is 1.64 bits per heavy atom. The van der Waals surface area contributed by atoms with E-state index in [0.717, 1.165) is 22.6 Å². The van der Waals surface area contributed by atoms with Gasteiger partial charge in [-0.3, -0.25) is 24.6 Å². The zero-order chi connectivity index (χ0) is 29.4. The first-order valence-electron chi connectivity index (χ1n) is 14.2. The minimum absolute atomic E-state index is 0.00234. The van der Waals surface area contributed by atoms with Gasteiger partial charge in [-0.05, 0) is 48.1 Å². The predicted molar refractivity (Wildman–Crippen MR) is 154 cm³/mol. The summed E-state index contributed by atoms with van der Waals surface area (Å²) in [5.41, 5.74) is 0.906. The fourth-order valence-electron chi connectivity index (χ4n) is 6.84. The molecular formula is C32H34N4O6. The first-order chi connectivity index (χ1) is 20.3. The Kier molecular flexibility index (Phi) is 7.32. The molecular weight excluding hydrogens is 536 g/mol. The van der Waals surface area contributed by atoms with Gasteiger partial charge in [-0.2, -0.15) is 0 Å². The van der Waals surface area contributed by atoms with Crippen LogP contribution in [-0.4, -0.2) is 66.1 Å². The molecule has 4 heterocycles. The van der Waals surface area contributed by atoms with Crippen molar-refractivity contribution in [2.75, 3.05) is 33.9 Å². The van der Waals surface area contributed by atoms with Gasteiger partial charge < -0.3 is 18.9 Å². The normalized spacial score (nSPS) is 23.8. The van der Waals surface area contributed by atoms with Crippen molar-refractivity contribution >= 4 is 17.8 Å². The number of nitrogens with one attached hydrogen (secondary N) is 1. The van der Waals surface area contributed by atoms with Crippen molar-refractivity contribution in [1.29, 1.82) is 0 Å². The summed E-state index contributed by atoms with van der Waals surface area (Å²) in [6.45, 7) is 2.02. The number of aromatic nitrogens is 1. The zero-order valence-corrected chi connectivity index (χ0v) is 23.7. The lowest BCUT2D eigenvalue weighted by Gasteiger charge is -2.47. The number of barbiturate groups is 1. The maximum Gasteiger partial charge on any atom is 0.331 e. The van der Waals surface area contributed by atoms with E-state index in [-0.39, 0.29) is 36.9 Å². The highest BCUT2D eigenvalue weighted by Crippen LogP contribution is 2.39. The molecule has 10 heteroatoms. The number of ether oxygens (including phenoxy) is 2. The number of urea groups is 1. The fourth-order valence-corrected chi connectivity index (χ4v) is 6.84. The number of likely N-dealkylation sites (tertiary alicyclic amines) is 1. The van der Waals surface area contributed by atoms with Gasteiger partial charge in [-0.1, -0.05) is 42.5 Å². The van der Waals surface area contributed by atoms with Crippen LogP contribution >= 0.6 is 0 Å². The second kappa shape index (κ2) is 11.1. The minimum atomic E-state index is -1.57. The first kappa shape index (κ1) is 27.7. The first-order valence-corrected chi connectivity index (χ1v) is 14.2. The van der Waals surface area contributed by atoms with Gasteiger partial charge in [0.05, 0.1) is 20.8 Å². The highest BCUT2D eigenvalue weighted by atomic mass is 16.5. The monoisotopic (exact) mass is 570 g/mol. The van der Waals surface area contributed by atoms with Gasteiger partial charge in [0.15, 0.2) is 11.5 Å². The van der Waals surface area contributed by atoms with Crippen LogP contribution < -0.4 is 20.3 Å². The molecule has 3 aromatic rings. The number of piperidine rings is 1. The fraction of sp³-hybridized carbons (Fsp3) is 0.375. The van der Waals surface area contributed by atoms with Crippen molar-refractivity contribution in [3.05, 3.63) is 93.9 Å². The number of imide groups is 2. The number of nitrogens with zero attached hydrogens (tertiary/aromatic N) is 3. The van der Waals surface area contributed by atoms with Crippen LogP contribution in [0.4, 0.5) is 4.79 Å². The standard InChI is InChI=1S/C32H34N4O6/c1-41-26-12-11-22(14-27(26)42-2)15-32(29(38)33-31(40)36(30(32)39)17-21-7-4-3-5-8-21)20-34-16-23-13-24(19-34)25-9-6-10-28(37)35(25)18-23/h3-12,14,23-24H,13,15-20H2,1-2H3,(H,33,38,40)/t23-,24-,32+/m1/s1. The van der Waals surface area contributed by atoms with Gasteiger partial charge in [0, 0.05) is 43.9 Å². The number of fused-ring (bicyclic) bond motifs is 4. The molecule has 2 aromatic carbocycles. The highest BCUT2D eigenvalue weighted by molar-refractivity contribution is 6.19. The average Bonchev–Trinajstić information content (AvgIpc) is 2.99. The Bertz CT molecular complexity index is 1590. The number of pyridine rings is 1. The van der Waals surface area contributed by atoms with Crippen molar-refractivity contribution < 1.29 is 23.9 Å². The number of benzene rings is 2. The Hall–Kier alpha value is -4.44. The molecule has 218 valence electrons. The molecule has 4 amide bonds. The lowest BCUT2D eigenvalue weighted by atomic mass is 9.75. The molecule has 2 bridgehead atoms. The maximum absolute atomic E-state index is 14.4. The van der Waals surface area contributed by atoms with Crippen molar-refractivity contribution in [3.63, 3.8) is 0 Å². The summed E-state index contributed by atoms with van der Waals surface area (Å²) in [6.07, 6.45) is 1.01. The van der Waals surface area contributed by atoms with Crippen molar-refractivity contribution in [1.82, 2.24) is 19.7 Å². The summed E-state index contributed by atoms with van der Waals surface area (Å²) in [5.74, 6) is 0.201. The maximum atomic E-state index is 14.4. The van der Waals surface area contributed by atoms with E-state index in [4.69, 9.17) is 9.47 Å². The van der Waals surface area contributed by atoms with Crippen LogP contribution in [-0.2, 0) is 29.1 Å². The third-order valence-electron chi connectivity index (χ3n) is 8.74. The smallest absolute Gasteiger partial charge is 0.331 e. The molecule has 0 saturated carbocycles. The Morgan fingerprint density at radius 3 is 2.40 bits per heavy atom. The lowest BCUT2D eigenvalue weighted by Crippen LogP contribution is -2.67. The van der Waals surface area contributed by atoms with Crippen LogP contribution in [0.2, 0.25) is 0 Å². The van der Waals surface area contributed by atoms with Crippen LogP contribution in [0, 0.1) is 11.3 Å². The number of carbonyl (C=O) groups excluding carboxylic acids is 3. The van der Waals surface area contributed by atoms with E-state index in [2.05, 4.69) is 10.2 Å². The Balaban J connectivity index is 1.37. The van der Waals surface area contributed by atoms with Gasteiger partial charge >= 0.3 is 6.03 Å². The van der Waals surface area contributed by atoms with Gasteiger partial charge in [0.1, 0.15) is 5.41 Å². The molecule has 2 fully saturated rings. The number of hydrogen-bond donors (Lipinski definition) is 1. The predicted octanol–water partition coefficient (Wildman–Crippen LogP) is 2.79. The second-order valence-electron chi connectivity index (χ2n) is 11.5. The number of methoxy groups -OCH3 is 2. The van der Waals surface area contributed by atoms with E-state index >= 15 is 0 Å². The topological polar surface area (TPSA) is 110 Å². The SMILES string of the molecule is COc1ccc(C[C@]2(CN3C[C@H]4C[C@H](C3)c3cccc(=O)n3C4)C(=O)NC(=O)N(Cc3ccccc3)C2=O)cc1OC. The number of carbonyl (C=O) groups is 3. The summed E-state index contributed by atoms with van der Waals surface area (Å²) >= 11 is 0. The molecule has 0 unspecified atom stereocenters. The summed E-state index contributed by atoms with van der Waals surface area (Å²) < 4.78 is 12.7. The Labute approximate surface area is 243 Å². The molecule has 3 aliphatic rings. The van der Waals surface area contributed by atoms with Gasteiger partial charge in [-0.15, -0.1) is 0 Å². The van der Waals surface area contributed by atoms with Gasteiger partial charge in [0.2, 0.25) is 11.8 Å². The number of rotatable bonds is 8. The highest BCUT2D eigenvalue weighted by Gasteiger charge is 2.55. The summed E-state index contributed by atoms with van der Waals surface area (Å²) in [5, 5.41) is 2.50. The molecule has 1 N–H and O–H groups in total. The largest absolute Gasteiger partial charge is 0.493 e. The molecule has 2 saturated heterocycles. The molecule has 0 aliphatic carbocycles. The molecule has 0 spiro atoms. The molecule has 42 heavy (non-hydrogen) atoms. The van der Waals surface area contributed by atoms with Crippen molar-refractivity contribution in [2.24, 2.45) is 11.3 Å². The van der Waals surface area contributed by atoms with Gasteiger partial charge in [0.25, 0.3) is 5.56 Å². The molecule has 0 radical (unpaired) electrons. The molecule has 3 aliphatic heterocycles. The quantitative estimate of drug-likeness (QED) is 0.415. The second-order valence-corrected chi connectivity index (χ2v) is 11.5. The summed E-state index contributed by atoms with van der Waals surface area (Å²) in [4.78, 5) is 57.2. The summed E-state index contributed by atoms with van der Waals surface area (Å²) in [6, 6.07) is 19.2. The third-order valence-corrected chi connectivity index (χ3v) is 8.74. The summed E-state index contributed by atoms with van der Waals surface area (Å²) in [7, 11) is 3.08. The average molecular weight is 571 g/mol. The van der Waals surface area contributed by atoms with E-state index in [1.807, 2.05) is 47.0 Å². The molecule has 3 atom stereocenters. The van der Waals surface area contributed by atoms with Crippen LogP contribution in [0.5, 0.6) is 11.5 Å².